The van der Waals surface area contributed by atoms with Gasteiger partial charge in [-0.25, -0.2) is 13.1 Å². The Morgan fingerprint density at radius 2 is 2.11 bits per heavy atom. The van der Waals surface area contributed by atoms with E-state index in [0.29, 0.717) is 25.4 Å². The number of nitro benzene ring substituents is 1. The second-order valence-corrected chi connectivity index (χ2v) is 9.62. The first-order valence-electron chi connectivity index (χ1n) is 8.74. The minimum atomic E-state index is -3.74. The number of nitrogens with one attached hydrogen (secondary N) is 2. The number of anilines is 1. The van der Waals surface area contributed by atoms with Crippen molar-refractivity contribution in [2.45, 2.75) is 16.9 Å². The van der Waals surface area contributed by atoms with E-state index in [1.165, 1.54) is 19.2 Å². The maximum atomic E-state index is 11.9. The quantitative estimate of drug-likeness (QED) is 0.502. The summed E-state index contributed by atoms with van der Waals surface area (Å²) in [4.78, 5) is 13.2. The van der Waals surface area contributed by atoms with Crippen molar-refractivity contribution in [2.75, 3.05) is 56.7 Å². The molecule has 2 saturated heterocycles. The van der Waals surface area contributed by atoms with Gasteiger partial charge in [-0.15, -0.1) is 0 Å². The summed E-state index contributed by atoms with van der Waals surface area (Å²) in [5.41, 5.74) is 0.0200. The minimum Gasteiger partial charge on any atom is -0.379 e. The van der Waals surface area contributed by atoms with E-state index in [9.17, 15) is 18.5 Å². The summed E-state index contributed by atoms with van der Waals surface area (Å²) >= 11 is 1.89. The monoisotopic (exact) mass is 416 g/mol. The molecule has 0 spiro atoms. The minimum absolute atomic E-state index is 0.0714. The zero-order chi connectivity index (χ0) is 19.5. The molecule has 150 valence electrons. The van der Waals surface area contributed by atoms with Crippen LogP contribution in [0.4, 0.5) is 11.4 Å². The van der Waals surface area contributed by atoms with Crippen molar-refractivity contribution in [1.29, 1.82) is 0 Å². The van der Waals surface area contributed by atoms with Gasteiger partial charge < -0.3 is 10.1 Å². The first-order chi connectivity index (χ1) is 12.9. The molecule has 2 heterocycles. The van der Waals surface area contributed by atoms with Gasteiger partial charge in [0.25, 0.3) is 5.69 Å². The number of hydrogen-bond donors (Lipinski definition) is 2. The number of thioether (sulfide) groups is 1. The molecular formula is C16H24N4O5S2. The van der Waals surface area contributed by atoms with Crippen LogP contribution in [0, 0.1) is 10.1 Å². The van der Waals surface area contributed by atoms with Gasteiger partial charge in [-0.1, -0.05) is 0 Å². The van der Waals surface area contributed by atoms with Crippen molar-refractivity contribution in [3.05, 3.63) is 28.3 Å². The molecule has 1 aromatic carbocycles. The number of nitro groups is 1. The van der Waals surface area contributed by atoms with E-state index >= 15 is 0 Å². The van der Waals surface area contributed by atoms with E-state index in [4.69, 9.17) is 4.74 Å². The van der Waals surface area contributed by atoms with Crippen LogP contribution in [-0.2, 0) is 14.8 Å². The summed E-state index contributed by atoms with van der Waals surface area (Å²) in [6.45, 7) is 3.67. The average Bonchev–Trinajstić information content (AvgIpc) is 3.17. The van der Waals surface area contributed by atoms with Gasteiger partial charge in [0.05, 0.1) is 23.0 Å². The highest BCUT2D eigenvalue weighted by molar-refractivity contribution is 7.99. The van der Waals surface area contributed by atoms with E-state index < -0.39 is 14.9 Å². The Kier molecular flexibility index (Phi) is 6.26. The summed E-state index contributed by atoms with van der Waals surface area (Å²) in [7, 11) is -2.46. The molecule has 0 bridgehead atoms. The Labute approximate surface area is 163 Å². The molecule has 0 amide bonds. The summed E-state index contributed by atoms with van der Waals surface area (Å²) < 4.78 is 31.5. The third-order valence-electron chi connectivity index (χ3n) is 5.12. The lowest BCUT2D eigenvalue weighted by molar-refractivity contribution is -0.384. The first kappa shape index (κ1) is 20.3. The second-order valence-electron chi connectivity index (χ2n) is 6.62. The molecule has 2 fully saturated rings. The van der Waals surface area contributed by atoms with Gasteiger partial charge in [0.2, 0.25) is 10.0 Å². The van der Waals surface area contributed by atoms with E-state index in [-0.39, 0.29) is 16.1 Å². The van der Waals surface area contributed by atoms with Gasteiger partial charge in [-0.3, -0.25) is 15.0 Å². The van der Waals surface area contributed by atoms with Crippen molar-refractivity contribution in [1.82, 2.24) is 9.62 Å². The normalized spacial score (nSPS) is 24.0. The maximum absolute atomic E-state index is 11.9. The molecule has 0 unspecified atom stereocenters. The summed E-state index contributed by atoms with van der Waals surface area (Å²) in [5.74, 6) is 2.01. The van der Waals surface area contributed by atoms with Crippen LogP contribution in [-0.4, -0.2) is 75.2 Å². The largest absolute Gasteiger partial charge is 0.379 e. The molecule has 0 radical (unpaired) electrons. The number of rotatable bonds is 7. The molecule has 1 atom stereocenters. The van der Waals surface area contributed by atoms with Crippen LogP contribution in [0.15, 0.2) is 23.1 Å². The lowest BCUT2D eigenvalue weighted by Crippen LogP contribution is -2.57. The van der Waals surface area contributed by atoms with Gasteiger partial charge in [0.1, 0.15) is 5.69 Å². The van der Waals surface area contributed by atoms with Gasteiger partial charge in [-0.05, 0) is 31.4 Å². The Morgan fingerprint density at radius 1 is 1.37 bits per heavy atom. The number of morpholine rings is 1. The number of sulfonamides is 1. The summed E-state index contributed by atoms with van der Waals surface area (Å²) in [6.07, 6.45) is 1.00. The lowest BCUT2D eigenvalue weighted by atomic mass is 9.95. The highest BCUT2D eigenvalue weighted by Crippen LogP contribution is 2.35. The zero-order valence-corrected chi connectivity index (χ0v) is 16.8. The fourth-order valence-electron chi connectivity index (χ4n) is 3.49. The van der Waals surface area contributed by atoms with E-state index in [0.717, 1.165) is 37.1 Å². The van der Waals surface area contributed by atoms with Crippen molar-refractivity contribution in [3.8, 4) is 0 Å². The molecule has 2 aliphatic rings. The Bertz CT molecular complexity index is 790. The summed E-state index contributed by atoms with van der Waals surface area (Å²) in [6, 6.07) is 3.95. The molecule has 27 heavy (non-hydrogen) atoms. The van der Waals surface area contributed by atoms with E-state index in [1.807, 2.05) is 11.8 Å². The van der Waals surface area contributed by atoms with E-state index in [2.05, 4.69) is 14.9 Å². The van der Waals surface area contributed by atoms with Crippen LogP contribution in [0.2, 0.25) is 0 Å². The summed E-state index contributed by atoms with van der Waals surface area (Å²) in [5, 5.41) is 14.7. The average molecular weight is 417 g/mol. The molecule has 2 N–H and O–H groups in total. The van der Waals surface area contributed by atoms with Crippen molar-refractivity contribution in [3.63, 3.8) is 0 Å². The van der Waals surface area contributed by atoms with Crippen LogP contribution in [0.3, 0.4) is 0 Å². The van der Waals surface area contributed by atoms with Crippen LogP contribution in [0.5, 0.6) is 0 Å². The lowest BCUT2D eigenvalue weighted by Gasteiger charge is -2.43. The second kappa shape index (κ2) is 8.31. The predicted molar refractivity (Wildman–Crippen MR) is 105 cm³/mol. The molecule has 1 aromatic rings. The predicted octanol–water partition coefficient (Wildman–Crippen LogP) is 1.12. The maximum Gasteiger partial charge on any atom is 0.293 e. The third kappa shape index (κ3) is 4.37. The molecule has 9 nitrogen and oxygen atoms in total. The Balaban J connectivity index is 1.82. The molecule has 0 saturated carbocycles. The molecule has 3 rings (SSSR count). The van der Waals surface area contributed by atoms with Crippen molar-refractivity contribution in [2.24, 2.45) is 0 Å². The van der Waals surface area contributed by atoms with Gasteiger partial charge in [-0.2, -0.15) is 11.8 Å². The Morgan fingerprint density at radius 3 is 2.70 bits per heavy atom. The van der Waals surface area contributed by atoms with Gasteiger partial charge >= 0.3 is 0 Å². The van der Waals surface area contributed by atoms with Crippen molar-refractivity contribution >= 4 is 33.2 Å². The van der Waals surface area contributed by atoms with Crippen LogP contribution >= 0.6 is 11.8 Å². The molecule has 11 heteroatoms. The SMILES string of the molecule is CNS(=O)(=O)c1ccc(NC[C@@]2(N3CCOCC3)CCSC2)c([N+](=O)[O-])c1. The molecule has 0 aromatic heterocycles. The number of hydrogen-bond acceptors (Lipinski definition) is 8. The number of ether oxygens (including phenoxy) is 1. The van der Waals surface area contributed by atoms with Crippen LogP contribution < -0.4 is 10.0 Å². The molecular weight excluding hydrogens is 392 g/mol. The van der Waals surface area contributed by atoms with Crippen molar-refractivity contribution < 1.29 is 18.1 Å². The molecule has 0 aliphatic carbocycles. The highest BCUT2D eigenvalue weighted by Gasteiger charge is 2.40. The molecule has 2 aliphatic heterocycles. The topological polar surface area (TPSA) is 114 Å². The van der Waals surface area contributed by atoms with Crippen LogP contribution in [0.25, 0.3) is 0 Å². The first-order valence-corrected chi connectivity index (χ1v) is 11.4. The van der Waals surface area contributed by atoms with Gasteiger partial charge in [0.15, 0.2) is 0 Å². The zero-order valence-electron chi connectivity index (χ0n) is 15.1. The van der Waals surface area contributed by atoms with E-state index in [1.54, 1.807) is 0 Å². The smallest absolute Gasteiger partial charge is 0.293 e. The van der Waals surface area contributed by atoms with Crippen LogP contribution in [0.1, 0.15) is 6.42 Å². The number of nitrogens with zero attached hydrogens (tertiary/aromatic N) is 2. The standard InChI is InChI=1S/C16H24N4O5S2/c1-17-27(23,24)13-2-3-14(15(10-13)20(21)22)18-11-16(4-9-26-12-16)19-5-7-25-8-6-19/h2-3,10,17-18H,4-9,11-12H2,1H3/t16-/m0/s1. The highest BCUT2D eigenvalue weighted by atomic mass is 32.2. The third-order valence-corrected chi connectivity index (χ3v) is 7.76. The fraction of sp³-hybridized carbons (Fsp3) is 0.625. The fourth-order valence-corrected chi connectivity index (χ4v) is 5.72. The number of benzene rings is 1. The Hall–Kier alpha value is -1.40. The van der Waals surface area contributed by atoms with Gasteiger partial charge in [0, 0.05) is 37.0 Å².